The predicted molar refractivity (Wildman–Crippen MR) is 57.0 cm³/mol. The van der Waals surface area contributed by atoms with Crippen LogP contribution in [0, 0.1) is 0 Å². The van der Waals surface area contributed by atoms with Crippen LogP contribution >= 0.6 is 0 Å². The summed E-state index contributed by atoms with van der Waals surface area (Å²) in [6.45, 7) is 1.11. The van der Waals surface area contributed by atoms with Gasteiger partial charge >= 0.3 is 18.2 Å². The number of nitrogens with one attached hydrogen (secondary N) is 2. The summed E-state index contributed by atoms with van der Waals surface area (Å²) in [7, 11) is 0. The second kappa shape index (κ2) is 6.81. The molecule has 19 heavy (non-hydrogen) atoms. The maximum Gasteiger partial charge on any atom is 0.391 e. The second-order valence-electron chi connectivity index (χ2n) is 3.90. The van der Waals surface area contributed by atoms with E-state index in [1.807, 2.05) is 10.6 Å². The number of carboxylic acids is 1. The lowest BCUT2D eigenvalue weighted by atomic mass is 10.2. The first kappa shape index (κ1) is 17.0. The molecule has 0 aromatic rings. The Morgan fingerprint density at radius 2 is 1.79 bits per heavy atom. The standard InChI is InChI=1S/C9H14F3N3O4/c1-4(3-9(10,11)12)14-8(19)15-5(7(17)18)2-6(13)16/h4-5H,2-3H2,1H3,(H2,13,16)(H,17,18)(H2,14,15,19)/t4?,5-/m0/s1. The van der Waals surface area contributed by atoms with Gasteiger partial charge in [-0.15, -0.1) is 0 Å². The van der Waals surface area contributed by atoms with Gasteiger partial charge in [0.15, 0.2) is 0 Å². The highest BCUT2D eigenvalue weighted by molar-refractivity contribution is 5.87. The third-order valence-corrected chi connectivity index (χ3v) is 1.92. The van der Waals surface area contributed by atoms with Gasteiger partial charge in [0.1, 0.15) is 6.04 Å². The molecule has 0 spiro atoms. The number of carbonyl (C=O) groups excluding carboxylic acids is 2. The summed E-state index contributed by atoms with van der Waals surface area (Å²) in [5.41, 5.74) is 4.77. The van der Waals surface area contributed by atoms with Crippen molar-refractivity contribution in [2.75, 3.05) is 0 Å². The zero-order valence-electron chi connectivity index (χ0n) is 9.95. The van der Waals surface area contributed by atoms with Crippen molar-refractivity contribution in [3.8, 4) is 0 Å². The number of hydrogen-bond donors (Lipinski definition) is 4. The summed E-state index contributed by atoms with van der Waals surface area (Å²) in [6, 6.07) is -3.94. The third kappa shape index (κ3) is 8.69. The van der Waals surface area contributed by atoms with Crippen molar-refractivity contribution in [2.24, 2.45) is 5.73 Å². The number of urea groups is 1. The van der Waals surface area contributed by atoms with Gasteiger partial charge in [-0.25, -0.2) is 9.59 Å². The van der Waals surface area contributed by atoms with E-state index in [2.05, 4.69) is 0 Å². The van der Waals surface area contributed by atoms with Crippen molar-refractivity contribution in [3.05, 3.63) is 0 Å². The Hall–Kier alpha value is -2.00. The molecule has 0 aliphatic heterocycles. The first-order valence-electron chi connectivity index (χ1n) is 5.16. The van der Waals surface area contributed by atoms with Crippen LogP contribution in [0.25, 0.3) is 0 Å². The molecule has 0 saturated heterocycles. The summed E-state index contributed by atoms with van der Waals surface area (Å²) >= 11 is 0. The molecule has 0 bridgehead atoms. The van der Waals surface area contributed by atoms with Crippen LogP contribution in [-0.4, -0.2) is 41.3 Å². The van der Waals surface area contributed by atoms with Gasteiger partial charge in [-0.3, -0.25) is 4.79 Å². The van der Waals surface area contributed by atoms with Crippen molar-refractivity contribution < 1.29 is 32.7 Å². The Morgan fingerprint density at radius 1 is 1.26 bits per heavy atom. The first-order valence-corrected chi connectivity index (χ1v) is 5.16. The van der Waals surface area contributed by atoms with E-state index in [9.17, 15) is 27.6 Å². The summed E-state index contributed by atoms with van der Waals surface area (Å²) < 4.78 is 36.0. The molecule has 3 amide bonds. The minimum atomic E-state index is -4.45. The van der Waals surface area contributed by atoms with Crippen LogP contribution in [0.2, 0.25) is 0 Å². The lowest BCUT2D eigenvalue weighted by Gasteiger charge is -2.18. The molecule has 10 heteroatoms. The van der Waals surface area contributed by atoms with Crippen LogP contribution in [-0.2, 0) is 9.59 Å². The molecule has 0 saturated carbocycles. The van der Waals surface area contributed by atoms with Crippen molar-refractivity contribution >= 4 is 17.9 Å². The number of primary amides is 1. The van der Waals surface area contributed by atoms with Gasteiger partial charge in [0.05, 0.1) is 12.8 Å². The summed E-state index contributed by atoms with van der Waals surface area (Å²) in [5.74, 6) is -2.48. The van der Waals surface area contributed by atoms with E-state index in [-0.39, 0.29) is 0 Å². The molecular formula is C9H14F3N3O4. The van der Waals surface area contributed by atoms with Crippen LogP contribution in [0.4, 0.5) is 18.0 Å². The van der Waals surface area contributed by atoms with Gasteiger partial charge in [-0.1, -0.05) is 0 Å². The molecule has 5 N–H and O–H groups in total. The Kier molecular flexibility index (Phi) is 6.09. The number of carboxylic acid groups (broad SMARTS) is 1. The molecule has 0 aromatic carbocycles. The number of rotatable bonds is 6. The van der Waals surface area contributed by atoms with E-state index in [1.54, 1.807) is 0 Å². The molecule has 0 radical (unpaired) electrons. The van der Waals surface area contributed by atoms with Gasteiger partial charge in [-0.2, -0.15) is 13.2 Å². The highest BCUT2D eigenvalue weighted by atomic mass is 19.4. The predicted octanol–water partition coefficient (Wildman–Crippen LogP) is -0.0449. The topological polar surface area (TPSA) is 122 Å². The Balaban J connectivity index is 4.34. The maximum atomic E-state index is 12.0. The summed E-state index contributed by atoms with van der Waals surface area (Å²) in [6.07, 6.45) is -6.36. The molecule has 0 heterocycles. The van der Waals surface area contributed by atoms with Crippen LogP contribution < -0.4 is 16.4 Å². The van der Waals surface area contributed by atoms with Crippen LogP contribution in [0.5, 0.6) is 0 Å². The molecule has 110 valence electrons. The summed E-state index contributed by atoms with van der Waals surface area (Å²) in [4.78, 5) is 32.4. The smallest absolute Gasteiger partial charge is 0.391 e. The third-order valence-electron chi connectivity index (χ3n) is 1.92. The highest BCUT2D eigenvalue weighted by Crippen LogP contribution is 2.21. The lowest BCUT2D eigenvalue weighted by molar-refractivity contribution is -0.141. The van der Waals surface area contributed by atoms with Crippen LogP contribution in [0.15, 0.2) is 0 Å². The van der Waals surface area contributed by atoms with Crippen molar-refractivity contribution in [1.82, 2.24) is 10.6 Å². The Labute approximate surface area is 106 Å². The molecule has 0 aromatic heterocycles. The average Bonchev–Trinajstić information content (AvgIpc) is 2.11. The average molecular weight is 285 g/mol. The quantitative estimate of drug-likeness (QED) is 0.546. The lowest BCUT2D eigenvalue weighted by Crippen LogP contribution is -2.50. The number of nitrogens with two attached hydrogens (primary N) is 1. The number of alkyl halides is 3. The Bertz CT molecular complexity index is 359. The first-order chi connectivity index (χ1) is 8.51. The molecule has 0 fully saturated rings. The monoisotopic (exact) mass is 285 g/mol. The maximum absolute atomic E-state index is 12.0. The Morgan fingerprint density at radius 3 is 2.16 bits per heavy atom. The molecule has 7 nitrogen and oxygen atoms in total. The van der Waals surface area contributed by atoms with Crippen LogP contribution in [0.1, 0.15) is 19.8 Å². The van der Waals surface area contributed by atoms with Gasteiger partial charge in [0.2, 0.25) is 5.91 Å². The van der Waals surface area contributed by atoms with Crippen LogP contribution in [0.3, 0.4) is 0 Å². The molecule has 0 aliphatic rings. The fourth-order valence-electron chi connectivity index (χ4n) is 1.22. The molecular weight excluding hydrogens is 271 g/mol. The number of halogens is 3. The van der Waals surface area contributed by atoms with Gasteiger partial charge in [0, 0.05) is 6.04 Å². The van der Waals surface area contributed by atoms with Gasteiger partial charge in [-0.05, 0) is 6.92 Å². The molecule has 0 rings (SSSR count). The second-order valence-corrected chi connectivity index (χ2v) is 3.90. The molecule has 0 aliphatic carbocycles. The normalized spacial score (nSPS) is 14.3. The van der Waals surface area contributed by atoms with E-state index < -0.39 is 49.0 Å². The zero-order valence-corrected chi connectivity index (χ0v) is 9.95. The fraction of sp³-hybridized carbons (Fsp3) is 0.667. The fourth-order valence-corrected chi connectivity index (χ4v) is 1.22. The van der Waals surface area contributed by atoms with E-state index in [4.69, 9.17) is 10.8 Å². The van der Waals surface area contributed by atoms with E-state index in [0.29, 0.717) is 0 Å². The SMILES string of the molecule is CC(CC(F)(F)F)NC(=O)N[C@@H](CC(N)=O)C(=O)O. The minimum Gasteiger partial charge on any atom is -0.480 e. The molecule has 2 atom stereocenters. The number of carbonyl (C=O) groups is 3. The van der Waals surface area contributed by atoms with E-state index >= 15 is 0 Å². The largest absolute Gasteiger partial charge is 0.480 e. The molecule has 1 unspecified atom stereocenters. The van der Waals surface area contributed by atoms with Crippen molar-refractivity contribution in [2.45, 2.75) is 38.0 Å². The van der Waals surface area contributed by atoms with Crippen molar-refractivity contribution in [1.29, 1.82) is 0 Å². The number of amides is 3. The number of hydrogen-bond acceptors (Lipinski definition) is 3. The minimum absolute atomic E-state index is 0.656. The van der Waals surface area contributed by atoms with Gasteiger partial charge < -0.3 is 21.5 Å². The number of aliphatic carboxylic acids is 1. The van der Waals surface area contributed by atoms with Crippen molar-refractivity contribution in [3.63, 3.8) is 0 Å². The zero-order chi connectivity index (χ0) is 15.2. The van der Waals surface area contributed by atoms with Gasteiger partial charge in [0.25, 0.3) is 0 Å². The van der Waals surface area contributed by atoms with E-state index in [1.165, 1.54) is 0 Å². The van der Waals surface area contributed by atoms with E-state index in [0.717, 1.165) is 6.92 Å². The highest BCUT2D eigenvalue weighted by Gasteiger charge is 2.31. The summed E-state index contributed by atoms with van der Waals surface area (Å²) in [5, 5.41) is 12.4.